The molecule has 0 radical (unpaired) electrons. The highest BCUT2D eigenvalue weighted by Gasteiger charge is 2.22. The van der Waals surface area contributed by atoms with Crippen molar-refractivity contribution in [2.45, 2.75) is 50.9 Å². The number of amides is 1. The monoisotopic (exact) mass is 451 g/mol. The van der Waals surface area contributed by atoms with E-state index in [9.17, 15) is 4.79 Å². The van der Waals surface area contributed by atoms with Gasteiger partial charge in [-0.05, 0) is 38.6 Å². The first-order valence-corrected chi connectivity index (χ1v) is 12.2. The van der Waals surface area contributed by atoms with Crippen molar-refractivity contribution < 1.29 is 4.79 Å². The predicted octanol–water partition coefficient (Wildman–Crippen LogP) is 5.49. The summed E-state index contributed by atoms with van der Waals surface area (Å²) >= 11 is 1.45. The number of aromatic nitrogens is 3. The van der Waals surface area contributed by atoms with Crippen LogP contribution in [0.25, 0.3) is 11.1 Å². The van der Waals surface area contributed by atoms with Crippen molar-refractivity contribution in [1.82, 2.24) is 19.7 Å². The standard InChI is InChI=1S/C25H33N5OS/c1-5-7-17-30-24(22(6-2)29(3)4)27-28-25(30)32-18-23(31)26-21-16-12-11-15-20(21)19-13-9-8-10-14-19/h8-16,22H,5-7,17-18H2,1-4H3,(H,26,31)/t22-/m0/s1. The molecule has 3 rings (SSSR count). The Morgan fingerprint density at radius 3 is 2.47 bits per heavy atom. The van der Waals surface area contributed by atoms with Crippen molar-refractivity contribution in [2.24, 2.45) is 0 Å². The van der Waals surface area contributed by atoms with E-state index >= 15 is 0 Å². The molecule has 7 heteroatoms. The first kappa shape index (κ1) is 24.0. The van der Waals surface area contributed by atoms with Crippen LogP contribution in [0.2, 0.25) is 0 Å². The Balaban J connectivity index is 1.72. The number of carbonyl (C=O) groups is 1. The Kier molecular flexibility index (Phi) is 8.88. The number of nitrogens with zero attached hydrogens (tertiary/aromatic N) is 4. The van der Waals surface area contributed by atoms with Gasteiger partial charge in [0.05, 0.1) is 11.8 Å². The smallest absolute Gasteiger partial charge is 0.234 e. The zero-order chi connectivity index (χ0) is 22.9. The lowest BCUT2D eigenvalue weighted by Gasteiger charge is -2.23. The molecule has 0 unspecified atom stereocenters. The van der Waals surface area contributed by atoms with E-state index in [2.05, 4.69) is 52.9 Å². The normalized spacial score (nSPS) is 12.2. The van der Waals surface area contributed by atoms with Crippen molar-refractivity contribution in [1.29, 1.82) is 0 Å². The third kappa shape index (κ3) is 5.99. The van der Waals surface area contributed by atoms with Crippen LogP contribution in [-0.4, -0.2) is 45.4 Å². The van der Waals surface area contributed by atoms with E-state index < -0.39 is 0 Å². The van der Waals surface area contributed by atoms with Gasteiger partial charge in [0.15, 0.2) is 11.0 Å². The van der Waals surface area contributed by atoms with Gasteiger partial charge in [-0.1, -0.05) is 80.6 Å². The molecule has 3 aromatic rings. The molecule has 0 aliphatic heterocycles. The van der Waals surface area contributed by atoms with Crippen LogP contribution in [-0.2, 0) is 11.3 Å². The van der Waals surface area contributed by atoms with E-state index in [0.29, 0.717) is 0 Å². The first-order valence-electron chi connectivity index (χ1n) is 11.2. The van der Waals surface area contributed by atoms with E-state index in [1.54, 1.807) is 0 Å². The molecule has 0 spiro atoms. The lowest BCUT2D eigenvalue weighted by Crippen LogP contribution is -2.23. The molecule has 0 aliphatic rings. The maximum atomic E-state index is 12.8. The molecule has 32 heavy (non-hydrogen) atoms. The molecule has 1 heterocycles. The lowest BCUT2D eigenvalue weighted by molar-refractivity contribution is -0.113. The molecule has 1 amide bonds. The van der Waals surface area contributed by atoms with Gasteiger partial charge < -0.3 is 9.88 Å². The molecule has 0 bridgehead atoms. The van der Waals surface area contributed by atoms with Crippen molar-refractivity contribution in [3.8, 4) is 11.1 Å². The Morgan fingerprint density at radius 1 is 1.06 bits per heavy atom. The molecule has 0 saturated carbocycles. The van der Waals surface area contributed by atoms with Gasteiger partial charge in [0.25, 0.3) is 0 Å². The summed E-state index contributed by atoms with van der Waals surface area (Å²) in [6.45, 7) is 5.20. The summed E-state index contributed by atoms with van der Waals surface area (Å²) in [5.41, 5.74) is 2.90. The van der Waals surface area contributed by atoms with Gasteiger partial charge >= 0.3 is 0 Å². The molecule has 170 valence electrons. The Bertz CT molecular complexity index is 1000. The van der Waals surface area contributed by atoms with E-state index in [1.165, 1.54) is 11.8 Å². The SMILES string of the molecule is CCCCn1c(SCC(=O)Nc2ccccc2-c2ccccc2)nnc1[C@H](CC)N(C)C. The third-order valence-electron chi connectivity index (χ3n) is 5.41. The average molecular weight is 452 g/mol. The van der Waals surface area contributed by atoms with E-state index in [4.69, 9.17) is 0 Å². The fourth-order valence-corrected chi connectivity index (χ4v) is 4.51. The van der Waals surface area contributed by atoms with Crippen molar-refractivity contribution in [3.05, 3.63) is 60.4 Å². The largest absolute Gasteiger partial charge is 0.325 e. The van der Waals surface area contributed by atoms with E-state index in [-0.39, 0.29) is 17.7 Å². The van der Waals surface area contributed by atoms with Gasteiger partial charge in [-0.2, -0.15) is 0 Å². The van der Waals surface area contributed by atoms with Crippen LogP contribution in [0.5, 0.6) is 0 Å². The summed E-state index contributed by atoms with van der Waals surface area (Å²) < 4.78 is 2.19. The summed E-state index contributed by atoms with van der Waals surface area (Å²) in [5.74, 6) is 1.21. The van der Waals surface area contributed by atoms with Crippen LogP contribution in [0.4, 0.5) is 5.69 Å². The Morgan fingerprint density at radius 2 is 1.78 bits per heavy atom. The van der Waals surface area contributed by atoms with E-state index in [0.717, 1.165) is 53.6 Å². The highest BCUT2D eigenvalue weighted by atomic mass is 32.2. The predicted molar refractivity (Wildman–Crippen MR) is 133 cm³/mol. The fraction of sp³-hybridized carbons (Fsp3) is 0.400. The summed E-state index contributed by atoms with van der Waals surface area (Å²) in [6.07, 6.45) is 3.11. The molecule has 0 saturated heterocycles. The molecule has 0 aliphatic carbocycles. The molecule has 1 N–H and O–H groups in total. The van der Waals surface area contributed by atoms with Crippen LogP contribution in [0, 0.1) is 0 Å². The number of hydrogen-bond acceptors (Lipinski definition) is 5. The van der Waals surface area contributed by atoms with Crippen LogP contribution < -0.4 is 5.32 Å². The fourth-order valence-electron chi connectivity index (χ4n) is 3.74. The minimum absolute atomic E-state index is 0.0513. The summed E-state index contributed by atoms with van der Waals surface area (Å²) in [4.78, 5) is 15.0. The number of hydrogen-bond donors (Lipinski definition) is 1. The van der Waals surface area contributed by atoms with Gasteiger partial charge in [-0.15, -0.1) is 10.2 Å². The van der Waals surface area contributed by atoms with E-state index in [1.807, 2.05) is 54.6 Å². The second-order valence-electron chi connectivity index (χ2n) is 7.98. The van der Waals surface area contributed by atoms with Gasteiger partial charge in [0, 0.05) is 17.8 Å². The quantitative estimate of drug-likeness (QED) is 0.391. The topological polar surface area (TPSA) is 63.1 Å². The second kappa shape index (κ2) is 11.8. The van der Waals surface area contributed by atoms with Gasteiger partial charge in [-0.25, -0.2) is 0 Å². The van der Waals surface area contributed by atoms with Crippen LogP contribution >= 0.6 is 11.8 Å². The highest BCUT2D eigenvalue weighted by molar-refractivity contribution is 7.99. The summed E-state index contributed by atoms with van der Waals surface area (Å²) in [5, 5.41) is 12.8. The number of benzene rings is 2. The highest BCUT2D eigenvalue weighted by Crippen LogP contribution is 2.29. The maximum Gasteiger partial charge on any atom is 0.234 e. The van der Waals surface area contributed by atoms with Gasteiger partial charge in [-0.3, -0.25) is 9.69 Å². The number of rotatable bonds is 11. The van der Waals surface area contributed by atoms with Crippen molar-refractivity contribution in [3.63, 3.8) is 0 Å². The van der Waals surface area contributed by atoms with Crippen LogP contribution in [0.3, 0.4) is 0 Å². The maximum absolute atomic E-state index is 12.8. The van der Waals surface area contributed by atoms with Crippen LogP contribution in [0.1, 0.15) is 45.0 Å². The van der Waals surface area contributed by atoms with Gasteiger partial charge in [0.2, 0.25) is 5.91 Å². The minimum atomic E-state index is -0.0513. The summed E-state index contributed by atoms with van der Waals surface area (Å²) in [7, 11) is 4.13. The van der Waals surface area contributed by atoms with Crippen molar-refractivity contribution >= 4 is 23.4 Å². The molecular weight excluding hydrogens is 418 g/mol. The van der Waals surface area contributed by atoms with Crippen LogP contribution in [0.15, 0.2) is 59.8 Å². The number of nitrogens with one attached hydrogen (secondary N) is 1. The number of carbonyl (C=O) groups excluding carboxylic acids is 1. The minimum Gasteiger partial charge on any atom is -0.325 e. The van der Waals surface area contributed by atoms with Gasteiger partial charge in [0.1, 0.15) is 0 Å². The lowest BCUT2D eigenvalue weighted by atomic mass is 10.0. The Labute approximate surface area is 195 Å². The summed E-state index contributed by atoms with van der Waals surface area (Å²) in [6, 6.07) is 18.2. The molecule has 6 nitrogen and oxygen atoms in total. The molecule has 2 aromatic carbocycles. The first-order chi connectivity index (χ1) is 15.5. The number of anilines is 1. The molecule has 0 fully saturated rings. The average Bonchev–Trinajstić information content (AvgIpc) is 3.19. The molecular formula is C25H33N5OS. The van der Waals surface area contributed by atoms with Crippen molar-refractivity contribution in [2.75, 3.05) is 25.2 Å². The molecule has 1 aromatic heterocycles. The zero-order valence-electron chi connectivity index (χ0n) is 19.4. The number of unbranched alkanes of at least 4 members (excludes halogenated alkanes) is 1. The number of thioether (sulfide) groups is 1. The Hall–Kier alpha value is -2.64. The third-order valence-corrected chi connectivity index (χ3v) is 6.37. The molecule has 1 atom stereocenters. The second-order valence-corrected chi connectivity index (χ2v) is 8.92. The zero-order valence-corrected chi connectivity index (χ0v) is 20.2. The number of para-hydroxylation sites is 1.